The van der Waals surface area contributed by atoms with E-state index in [2.05, 4.69) is 6.92 Å². The van der Waals surface area contributed by atoms with Crippen molar-refractivity contribution in [2.75, 3.05) is 13.2 Å². The molecule has 1 fully saturated rings. The number of nitrogens with zero attached hydrogens (tertiary/aromatic N) is 1. The molecule has 0 radical (unpaired) electrons. The molecular formula is C15H23NO3S. The topological polar surface area (TPSA) is 46.6 Å². The Morgan fingerprint density at radius 2 is 1.90 bits per heavy atom. The molecule has 1 aliphatic rings. The van der Waals surface area contributed by atoms with Crippen LogP contribution in [-0.2, 0) is 10.0 Å². The van der Waals surface area contributed by atoms with Crippen LogP contribution in [0.2, 0.25) is 0 Å². The van der Waals surface area contributed by atoms with Crippen molar-refractivity contribution in [3.05, 3.63) is 24.3 Å². The number of hydrogen-bond acceptors (Lipinski definition) is 3. The number of sulfonamides is 1. The first-order chi connectivity index (χ1) is 9.59. The third kappa shape index (κ3) is 3.15. The standard InChI is InChI=1S/C15H23NO3S/c1-3-13-7-5-6-12-16(13)20(17,18)15-10-8-14(9-11-15)19-4-2/h8-11,13H,3-7,12H2,1-2H3/t13-/m0/s1. The first kappa shape index (κ1) is 15.3. The van der Waals surface area contributed by atoms with Gasteiger partial charge in [-0.05, 0) is 50.5 Å². The summed E-state index contributed by atoms with van der Waals surface area (Å²) in [5.41, 5.74) is 0. The van der Waals surface area contributed by atoms with Crippen molar-refractivity contribution < 1.29 is 13.2 Å². The first-order valence-corrected chi connectivity index (χ1v) is 8.78. The van der Waals surface area contributed by atoms with Crippen molar-refractivity contribution in [1.29, 1.82) is 0 Å². The summed E-state index contributed by atoms with van der Waals surface area (Å²) in [6, 6.07) is 6.87. The molecule has 0 unspecified atom stereocenters. The van der Waals surface area contributed by atoms with Crippen molar-refractivity contribution in [1.82, 2.24) is 4.31 Å². The maximum absolute atomic E-state index is 12.7. The second-order valence-corrected chi connectivity index (χ2v) is 6.97. The molecule has 0 spiro atoms. The van der Waals surface area contributed by atoms with E-state index in [9.17, 15) is 8.42 Å². The largest absolute Gasteiger partial charge is 0.494 e. The van der Waals surface area contributed by atoms with Crippen LogP contribution in [0.4, 0.5) is 0 Å². The summed E-state index contributed by atoms with van der Waals surface area (Å²) in [4.78, 5) is 0.362. The van der Waals surface area contributed by atoms with Crippen molar-refractivity contribution >= 4 is 10.0 Å². The molecule has 2 rings (SSSR count). The molecule has 1 aromatic rings. The van der Waals surface area contributed by atoms with Gasteiger partial charge in [-0.25, -0.2) is 8.42 Å². The fraction of sp³-hybridized carbons (Fsp3) is 0.600. The van der Waals surface area contributed by atoms with E-state index < -0.39 is 10.0 Å². The molecule has 1 saturated heterocycles. The highest BCUT2D eigenvalue weighted by Crippen LogP contribution is 2.27. The smallest absolute Gasteiger partial charge is 0.243 e. The minimum atomic E-state index is -3.38. The van der Waals surface area contributed by atoms with Crippen molar-refractivity contribution in [2.24, 2.45) is 0 Å². The van der Waals surface area contributed by atoms with E-state index in [0.29, 0.717) is 23.8 Å². The van der Waals surface area contributed by atoms with Gasteiger partial charge in [0.05, 0.1) is 11.5 Å². The van der Waals surface area contributed by atoms with Gasteiger partial charge in [-0.2, -0.15) is 4.31 Å². The Labute approximate surface area is 121 Å². The Bertz CT molecular complexity index is 525. The van der Waals surface area contributed by atoms with Crippen LogP contribution in [0.1, 0.15) is 39.5 Å². The molecule has 1 aliphatic heterocycles. The quantitative estimate of drug-likeness (QED) is 0.839. The fourth-order valence-corrected chi connectivity index (χ4v) is 4.48. The van der Waals surface area contributed by atoms with Gasteiger partial charge in [0.25, 0.3) is 0 Å². The molecule has 1 aromatic carbocycles. The van der Waals surface area contributed by atoms with Crippen LogP contribution in [0, 0.1) is 0 Å². The minimum absolute atomic E-state index is 0.139. The summed E-state index contributed by atoms with van der Waals surface area (Å²) in [5.74, 6) is 0.706. The van der Waals surface area contributed by atoms with E-state index in [1.165, 1.54) is 0 Å². The van der Waals surface area contributed by atoms with E-state index in [1.54, 1.807) is 28.6 Å². The highest BCUT2D eigenvalue weighted by Gasteiger charge is 2.32. The maximum atomic E-state index is 12.7. The lowest BCUT2D eigenvalue weighted by molar-refractivity contribution is 0.246. The normalized spacial score (nSPS) is 20.8. The van der Waals surface area contributed by atoms with Gasteiger partial charge in [0.2, 0.25) is 10.0 Å². The number of piperidine rings is 1. The summed E-state index contributed by atoms with van der Waals surface area (Å²) in [5, 5.41) is 0. The van der Waals surface area contributed by atoms with Crippen molar-refractivity contribution in [3.8, 4) is 5.75 Å². The lowest BCUT2D eigenvalue weighted by Gasteiger charge is -2.34. The van der Waals surface area contributed by atoms with Crippen LogP contribution in [0.15, 0.2) is 29.2 Å². The molecule has 20 heavy (non-hydrogen) atoms. The number of rotatable bonds is 5. The Morgan fingerprint density at radius 1 is 1.20 bits per heavy atom. The maximum Gasteiger partial charge on any atom is 0.243 e. The molecule has 112 valence electrons. The molecule has 5 heteroatoms. The average Bonchev–Trinajstić information content (AvgIpc) is 2.48. The Hall–Kier alpha value is -1.07. The van der Waals surface area contributed by atoms with Crippen LogP contribution >= 0.6 is 0 Å². The molecule has 0 amide bonds. The van der Waals surface area contributed by atoms with Crippen LogP contribution < -0.4 is 4.74 Å². The summed E-state index contributed by atoms with van der Waals surface area (Å²) in [7, 11) is -3.38. The van der Waals surface area contributed by atoms with Crippen LogP contribution in [-0.4, -0.2) is 31.9 Å². The molecule has 1 heterocycles. The van der Waals surface area contributed by atoms with Gasteiger partial charge >= 0.3 is 0 Å². The van der Waals surface area contributed by atoms with Gasteiger partial charge in [0.15, 0.2) is 0 Å². The highest BCUT2D eigenvalue weighted by molar-refractivity contribution is 7.89. The summed E-state index contributed by atoms with van der Waals surface area (Å²) < 4.78 is 32.4. The van der Waals surface area contributed by atoms with Crippen LogP contribution in [0.25, 0.3) is 0 Å². The zero-order valence-corrected chi connectivity index (χ0v) is 13.0. The molecule has 0 aromatic heterocycles. The van der Waals surface area contributed by atoms with Gasteiger partial charge < -0.3 is 4.74 Å². The molecular weight excluding hydrogens is 274 g/mol. The molecule has 1 atom stereocenters. The summed E-state index contributed by atoms with van der Waals surface area (Å²) in [6.45, 7) is 5.17. The van der Waals surface area contributed by atoms with Gasteiger partial charge in [-0.15, -0.1) is 0 Å². The number of benzene rings is 1. The van der Waals surface area contributed by atoms with Crippen LogP contribution in [0.3, 0.4) is 0 Å². The molecule has 0 N–H and O–H groups in total. The number of ether oxygens (including phenoxy) is 1. The average molecular weight is 297 g/mol. The van der Waals surface area contributed by atoms with Gasteiger partial charge in [0, 0.05) is 12.6 Å². The Balaban J connectivity index is 2.24. The SMILES string of the molecule is CCOc1ccc(S(=O)(=O)N2CCCC[C@@H]2CC)cc1. The number of hydrogen-bond donors (Lipinski definition) is 0. The summed E-state index contributed by atoms with van der Waals surface area (Å²) in [6.07, 6.45) is 3.91. The van der Waals surface area contributed by atoms with E-state index in [0.717, 1.165) is 25.7 Å². The molecule has 0 bridgehead atoms. The second-order valence-electron chi connectivity index (χ2n) is 5.08. The predicted molar refractivity (Wildman–Crippen MR) is 79.4 cm³/mol. The van der Waals surface area contributed by atoms with E-state index in [4.69, 9.17) is 4.74 Å². The molecule has 4 nitrogen and oxygen atoms in total. The summed E-state index contributed by atoms with van der Waals surface area (Å²) >= 11 is 0. The minimum Gasteiger partial charge on any atom is -0.494 e. The van der Waals surface area contributed by atoms with Crippen molar-refractivity contribution in [3.63, 3.8) is 0 Å². The lowest BCUT2D eigenvalue weighted by atomic mass is 10.0. The monoisotopic (exact) mass is 297 g/mol. The van der Waals surface area contributed by atoms with Gasteiger partial charge in [0.1, 0.15) is 5.75 Å². The van der Waals surface area contributed by atoms with E-state index >= 15 is 0 Å². The fourth-order valence-electron chi connectivity index (χ4n) is 2.71. The zero-order valence-electron chi connectivity index (χ0n) is 12.2. The molecule has 0 saturated carbocycles. The highest BCUT2D eigenvalue weighted by atomic mass is 32.2. The van der Waals surface area contributed by atoms with Crippen molar-refractivity contribution in [2.45, 2.75) is 50.5 Å². The second kappa shape index (κ2) is 6.59. The third-order valence-electron chi connectivity index (χ3n) is 3.79. The van der Waals surface area contributed by atoms with E-state index in [-0.39, 0.29) is 6.04 Å². The predicted octanol–water partition coefficient (Wildman–Crippen LogP) is 3.04. The van der Waals surface area contributed by atoms with Gasteiger partial charge in [-0.1, -0.05) is 13.3 Å². The zero-order chi connectivity index (χ0) is 14.6. The van der Waals surface area contributed by atoms with Crippen LogP contribution in [0.5, 0.6) is 5.75 Å². The van der Waals surface area contributed by atoms with E-state index in [1.807, 2.05) is 6.92 Å². The Kier molecular flexibility index (Phi) is 5.05. The molecule has 0 aliphatic carbocycles. The first-order valence-electron chi connectivity index (χ1n) is 7.34. The Morgan fingerprint density at radius 3 is 2.50 bits per heavy atom. The lowest BCUT2D eigenvalue weighted by Crippen LogP contribution is -2.43. The third-order valence-corrected chi connectivity index (χ3v) is 5.75. The van der Waals surface area contributed by atoms with Gasteiger partial charge in [-0.3, -0.25) is 0 Å².